The van der Waals surface area contributed by atoms with Gasteiger partial charge in [0.25, 0.3) is 5.91 Å². The molecule has 0 spiro atoms. The van der Waals surface area contributed by atoms with Gasteiger partial charge in [0, 0.05) is 4.47 Å². The average Bonchev–Trinajstić information content (AvgIpc) is 3.14. The zero-order valence-corrected chi connectivity index (χ0v) is 16.4. The summed E-state index contributed by atoms with van der Waals surface area (Å²) in [6, 6.07) is 13.0. The molecule has 0 radical (unpaired) electrons. The normalized spacial score (nSPS) is 12.5. The first-order valence-electron chi connectivity index (χ1n) is 7.85. The first-order valence-corrected chi connectivity index (χ1v) is 10.2. The summed E-state index contributed by atoms with van der Waals surface area (Å²) >= 11 is 3.28. The Morgan fingerprint density at radius 3 is 2.59 bits per heavy atom. The highest BCUT2D eigenvalue weighted by atomic mass is 79.9. The van der Waals surface area contributed by atoms with Gasteiger partial charge in [-0.1, -0.05) is 30.3 Å². The van der Waals surface area contributed by atoms with Crippen LogP contribution in [-0.2, 0) is 16.6 Å². The number of halogens is 1. The minimum Gasteiger partial charge on any atom is -0.343 e. The van der Waals surface area contributed by atoms with Crippen molar-refractivity contribution in [3.05, 3.63) is 76.8 Å². The maximum Gasteiger partial charge on any atom is 0.253 e. The summed E-state index contributed by atoms with van der Waals surface area (Å²) in [5.41, 5.74) is 1.04. The highest BCUT2D eigenvalue weighted by Gasteiger charge is 2.20. The molecule has 0 aliphatic rings. The Hall–Kier alpha value is -2.56. The molecule has 0 bridgehead atoms. The highest BCUT2D eigenvalue weighted by Crippen LogP contribution is 2.22. The largest absolute Gasteiger partial charge is 0.343 e. The fraction of sp³-hybridized carbons (Fsp3) is 0.118. The van der Waals surface area contributed by atoms with Crippen LogP contribution in [0.15, 0.2) is 70.6 Å². The molecule has 10 heteroatoms. The van der Waals surface area contributed by atoms with Crippen LogP contribution in [0.1, 0.15) is 22.0 Å². The molecule has 1 atom stereocenters. The van der Waals surface area contributed by atoms with E-state index >= 15 is 0 Å². The summed E-state index contributed by atoms with van der Waals surface area (Å²) in [6.07, 6.45) is 2.97. The van der Waals surface area contributed by atoms with Crippen LogP contribution in [0, 0.1) is 0 Å². The van der Waals surface area contributed by atoms with Crippen LogP contribution in [-0.4, -0.2) is 29.1 Å². The maximum atomic E-state index is 12.8. The molecule has 1 aromatic heterocycles. The van der Waals surface area contributed by atoms with E-state index in [0.29, 0.717) is 11.0 Å². The lowest BCUT2D eigenvalue weighted by Crippen LogP contribution is -2.32. The Morgan fingerprint density at radius 1 is 1.22 bits per heavy atom. The van der Waals surface area contributed by atoms with Crippen LogP contribution in [0.5, 0.6) is 0 Å². The Kier molecular flexibility index (Phi) is 5.68. The number of carbonyl (C=O) groups excluding carboxylic acids is 1. The Labute approximate surface area is 164 Å². The summed E-state index contributed by atoms with van der Waals surface area (Å²) < 4.78 is 25.2. The minimum absolute atomic E-state index is 0.136. The van der Waals surface area contributed by atoms with Gasteiger partial charge in [0.1, 0.15) is 12.7 Å². The molecule has 0 aliphatic carbocycles. The summed E-state index contributed by atoms with van der Waals surface area (Å²) in [5.74, 6) is -0.443. The van der Waals surface area contributed by atoms with E-state index in [1.165, 1.54) is 24.5 Å². The first-order chi connectivity index (χ1) is 12.8. The van der Waals surface area contributed by atoms with Gasteiger partial charge >= 0.3 is 0 Å². The molecule has 3 N–H and O–H groups in total. The second kappa shape index (κ2) is 7.99. The number of nitrogens with one attached hydrogen (secondary N) is 1. The first kappa shape index (κ1) is 19.2. The number of nitrogens with two attached hydrogens (primary N) is 1. The van der Waals surface area contributed by atoms with Crippen LogP contribution < -0.4 is 10.5 Å². The summed E-state index contributed by atoms with van der Waals surface area (Å²) in [4.78, 5) is 16.6. The van der Waals surface area contributed by atoms with E-state index in [-0.39, 0.29) is 10.5 Å². The Balaban J connectivity index is 1.91. The van der Waals surface area contributed by atoms with Gasteiger partial charge < -0.3 is 5.32 Å². The van der Waals surface area contributed by atoms with Crippen LogP contribution >= 0.6 is 15.9 Å². The fourth-order valence-electron chi connectivity index (χ4n) is 2.53. The lowest BCUT2D eigenvalue weighted by atomic mass is 10.1. The molecule has 1 heterocycles. The number of benzene rings is 2. The van der Waals surface area contributed by atoms with Crippen LogP contribution in [0.25, 0.3) is 0 Å². The molecule has 2 aromatic carbocycles. The molecule has 140 valence electrons. The van der Waals surface area contributed by atoms with Gasteiger partial charge in [-0.3, -0.25) is 9.48 Å². The van der Waals surface area contributed by atoms with E-state index in [2.05, 4.69) is 31.3 Å². The van der Waals surface area contributed by atoms with Crippen LogP contribution in [0.3, 0.4) is 0 Å². The van der Waals surface area contributed by atoms with Crippen molar-refractivity contribution in [2.45, 2.75) is 17.5 Å². The van der Waals surface area contributed by atoms with E-state index in [9.17, 15) is 13.2 Å². The predicted octanol–water partition coefficient (Wildman–Crippen LogP) is 1.86. The van der Waals surface area contributed by atoms with E-state index in [1.807, 2.05) is 30.3 Å². The molecule has 0 saturated heterocycles. The zero-order chi connectivity index (χ0) is 19.4. The van der Waals surface area contributed by atoms with Gasteiger partial charge in [-0.25, -0.2) is 18.5 Å². The van der Waals surface area contributed by atoms with Crippen LogP contribution in [0.2, 0.25) is 0 Å². The molecule has 27 heavy (non-hydrogen) atoms. The smallest absolute Gasteiger partial charge is 0.253 e. The van der Waals surface area contributed by atoms with Gasteiger partial charge in [-0.05, 0) is 39.7 Å². The van der Waals surface area contributed by atoms with Gasteiger partial charge in [-0.15, -0.1) is 0 Å². The lowest BCUT2D eigenvalue weighted by Gasteiger charge is -2.20. The van der Waals surface area contributed by atoms with Crippen molar-refractivity contribution >= 4 is 31.9 Å². The van der Waals surface area contributed by atoms with Crippen molar-refractivity contribution in [2.75, 3.05) is 0 Å². The van der Waals surface area contributed by atoms with E-state index in [0.717, 1.165) is 5.56 Å². The number of aromatic nitrogens is 3. The minimum atomic E-state index is -3.92. The summed E-state index contributed by atoms with van der Waals surface area (Å²) in [5, 5.41) is 12.2. The number of sulfonamides is 1. The topological polar surface area (TPSA) is 120 Å². The van der Waals surface area contributed by atoms with Crippen molar-refractivity contribution < 1.29 is 13.2 Å². The maximum absolute atomic E-state index is 12.8. The molecular formula is C17H16BrN5O3S. The van der Waals surface area contributed by atoms with E-state index in [1.54, 1.807) is 11.0 Å². The molecule has 3 rings (SSSR count). The second-order valence-corrected chi connectivity index (χ2v) is 8.16. The predicted molar refractivity (Wildman–Crippen MR) is 102 cm³/mol. The number of amides is 1. The quantitative estimate of drug-likeness (QED) is 0.594. The molecule has 1 unspecified atom stereocenters. The van der Waals surface area contributed by atoms with Gasteiger partial charge in [0.15, 0.2) is 0 Å². The molecule has 1 amide bonds. The second-order valence-electron chi connectivity index (χ2n) is 5.74. The van der Waals surface area contributed by atoms with Crippen molar-refractivity contribution in [1.82, 2.24) is 20.1 Å². The molecule has 0 aliphatic heterocycles. The van der Waals surface area contributed by atoms with Gasteiger partial charge in [-0.2, -0.15) is 5.10 Å². The number of rotatable bonds is 6. The molecule has 0 fully saturated rings. The molecule has 3 aromatic rings. The van der Waals surface area contributed by atoms with Gasteiger partial charge in [0.05, 0.1) is 23.0 Å². The number of carbonyl (C=O) groups is 1. The number of nitrogens with zero attached hydrogens (tertiary/aromatic N) is 3. The lowest BCUT2D eigenvalue weighted by molar-refractivity contribution is 0.0931. The summed E-state index contributed by atoms with van der Waals surface area (Å²) in [7, 11) is -3.92. The third-order valence-corrected chi connectivity index (χ3v) is 5.46. The third-order valence-electron chi connectivity index (χ3n) is 3.85. The van der Waals surface area contributed by atoms with Crippen molar-refractivity contribution in [2.24, 2.45) is 5.14 Å². The molecular weight excluding hydrogens is 434 g/mol. The van der Waals surface area contributed by atoms with E-state index in [4.69, 9.17) is 5.14 Å². The SMILES string of the molecule is NS(=O)(=O)c1ccc(Br)c(C(=O)NC(Cn2cncn2)c2ccccc2)c1. The Morgan fingerprint density at radius 2 is 1.96 bits per heavy atom. The van der Waals surface area contributed by atoms with Crippen molar-refractivity contribution in [3.8, 4) is 0 Å². The standard InChI is InChI=1S/C17H16BrN5O3S/c18-15-7-6-13(27(19,25)26)8-14(15)17(24)22-16(9-23-11-20-10-21-23)12-4-2-1-3-5-12/h1-8,10-11,16H,9H2,(H,22,24)(H2,19,25,26). The van der Waals surface area contributed by atoms with Crippen molar-refractivity contribution in [1.29, 1.82) is 0 Å². The monoisotopic (exact) mass is 449 g/mol. The third kappa shape index (κ3) is 4.79. The number of hydrogen-bond acceptors (Lipinski definition) is 5. The Bertz CT molecular complexity index is 1040. The van der Waals surface area contributed by atoms with Gasteiger partial charge in [0.2, 0.25) is 10.0 Å². The zero-order valence-electron chi connectivity index (χ0n) is 14.0. The fourth-order valence-corrected chi connectivity index (χ4v) is 3.49. The highest BCUT2D eigenvalue weighted by molar-refractivity contribution is 9.10. The van der Waals surface area contributed by atoms with E-state index < -0.39 is 22.0 Å². The summed E-state index contributed by atoms with van der Waals surface area (Å²) in [6.45, 7) is 0.363. The average molecular weight is 450 g/mol. The number of primary sulfonamides is 1. The molecule has 8 nitrogen and oxygen atoms in total. The van der Waals surface area contributed by atoms with Crippen LogP contribution in [0.4, 0.5) is 0 Å². The van der Waals surface area contributed by atoms with Crippen molar-refractivity contribution in [3.63, 3.8) is 0 Å². The molecule has 0 saturated carbocycles. The number of hydrogen-bond donors (Lipinski definition) is 2.